The molecule has 3 heterocycles. The van der Waals surface area contributed by atoms with Gasteiger partial charge in [-0.15, -0.1) is 0 Å². The third-order valence-electron chi connectivity index (χ3n) is 6.18. The quantitative estimate of drug-likeness (QED) is 0.471. The number of nitrogens with zero attached hydrogens (tertiary/aromatic N) is 4. The molecule has 164 valence electrons. The van der Waals surface area contributed by atoms with Crippen LogP contribution in [0.25, 0.3) is 16.7 Å². The van der Waals surface area contributed by atoms with E-state index in [-0.39, 0.29) is 11.9 Å². The standard InChI is InChI=1S/C21H20BrN7O3/c1-21(19(32)23-2)6-5-10(8-21)25-20-24-9-13-16(22)28-29(17(13)27-20)11-3-4-14-12(7-11)15(30)18(31)26-14/h3-4,7,9-10H,5-6,8H2,1-2H3,(H,23,32)(H,24,25,27)(H,26,30,31)/t10-,21-/m1/s1. The minimum absolute atomic E-state index is 0.0410. The van der Waals surface area contributed by atoms with Crippen molar-refractivity contribution in [1.82, 2.24) is 25.1 Å². The van der Waals surface area contributed by atoms with E-state index in [4.69, 9.17) is 0 Å². The number of benzene rings is 1. The van der Waals surface area contributed by atoms with Crippen LogP contribution in [0.3, 0.4) is 0 Å². The predicted octanol–water partition coefficient (Wildman–Crippen LogP) is 2.43. The summed E-state index contributed by atoms with van der Waals surface area (Å²) in [4.78, 5) is 45.0. The molecule has 0 bridgehead atoms. The second kappa shape index (κ2) is 7.37. The molecule has 2 aromatic heterocycles. The molecule has 3 aromatic rings. The predicted molar refractivity (Wildman–Crippen MR) is 121 cm³/mol. The summed E-state index contributed by atoms with van der Waals surface area (Å²) in [5, 5.41) is 13.8. The van der Waals surface area contributed by atoms with Crippen LogP contribution in [0, 0.1) is 5.41 Å². The molecule has 5 rings (SSSR count). The first-order chi connectivity index (χ1) is 15.3. The molecule has 1 aliphatic heterocycles. The minimum atomic E-state index is -0.641. The summed E-state index contributed by atoms with van der Waals surface area (Å²) in [6.07, 6.45) is 3.98. The third-order valence-corrected chi connectivity index (χ3v) is 6.76. The van der Waals surface area contributed by atoms with E-state index in [0.717, 1.165) is 12.8 Å². The summed E-state index contributed by atoms with van der Waals surface area (Å²) in [6, 6.07) is 5.13. The first-order valence-electron chi connectivity index (χ1n) is 10.2. The Bertz CT molecular complexity index is 1300. The maximum absolute atomic E-state index is 12.2. The summed E-state index contributed by atoms with van der Waals surface area (Å²) in [5.74, 6) is -0.738. The number of carbonyl (C=O) groups excluding carboxylic acids is 3. The Morgan fingerprint density at radius 1 is 1.34 bits per heavy atom. The molecule has 1 aromatic carbocycles. The van der Waals surface area contributed by atoms with Crippen molar-refractivity contribution in [2.24, 2.45) is 5.41 Å². The fourth-order valence-electron chi connectivity index (χ4n) is 4.44. The van der Waals surface area contributed by atoms with Crippen molar-refractivity contribution in [3.05, 3.63) is 34.6 Å². The van der Waals surface area contributed by atoms with Gasteiger partial charge in [0, 0.05) is 24.7 Å². The van der Waals surface area contributed by atoms with Crippen LogP contribution in [-0.2, 0) is 9.59 Å². The second-order valence-electron chi connectivity index (χ2n) is 8.37. The van der Waals surface area contributed by atoms with Crippen molar-refractivity contribution in [3.63, 3.8) is 0 Å². The van der Waals surface area contributed by atoms with Crippen molar-refractivity contribution in [3.8, 4) is 5.69 Å². The fraction of sp³-hybridized carbons (Fsp3) is 0.333. The van der Waals surface area contributed by atoms with Gasteiger partial charge >= 0.3 is 0 Å². The van der Waals surface area contributed by atoms with Gasteiger partial charge in [-0.25, -0.2) is 9.67 Å². The summed E-state index contributed by atoms with van der Waals surface area (Å²) in [7, 11) is 1.66. The highest BCUT2D eigenvalue weighted by Crippen LogP contribution is 2.39. The SMILES string of the molecule is CNC(=O)[C@]1(C)CC[C@@H](Nc2ncc3c(Br)nn(-c4ccc5c(c4)C(=O)C(=O)N5)c3n2)C1. The Hall–Kier alpha value is -3.34. The summed E-state index contributed by atoms with van der Waals surface area (Å²) >= 11 is 3.44. The Kier molecular flexibility index (Phi) is 4.73. The molecule has 3 N–H and O–H groups in total. The molecule has 1 aliphatic carbocycles. The Balaban J connectivity index is 1.47. The number of aromatic nitrogens is 4. The second-order valence-corrected chi connectivity index (χ2v) is 9.12. The Morgan fingerprint density at radius 2 is 2.16 bits per heavy atom. The lowest BCUT2D eigenvalue weighted by Crippen LogP contribution is -2.35. The van der Waals surface area contributed by atoms with Gasteiger partial charge in [0.05, 0.1) is 22.3 Å². The van der Waals surface area contributed by atoms with E-state index in [2.05, 4.69) is 46.9 Å². The Labute approximate surface area is 191 Å². The molecule has 1 saturated carbocycles. The lowest BCUT2D eigenvalue weighted by atomic mass is 9.87. The monoisotopic (exact) mass is 497 g/mol. The maximum Gasteiger partial charge on any atom is 0.296 e. The minimum Gasteiger partial charge on any atom is -0.359 e. The number of hydrogen-bond acceptors (Lipinski definition) is 7. The van der Waals surface area contributed by atoms with Crippen LogP contribution in [0.15, 0.2) is 29.0 Å². The molecule has 0 unspecified atom stereocenters. The molecule has 1 fully saturated rings. The van der Waals surface area contributed by atoms with E-state index in [1.807, 2.05) is 6.92 Å². The highest BCUT2D eigenvalue weighted by atomic mass is 79.9. The number of ketones is 1. The zero-order chi connectivity index (χ0) is 22.6. The van der Waals surface area contributed by atoms with Crippen molar-refractivity contribution in [1.29, 1.82) is 0 Å². The molecular weight excluding hydrogens is 478 g/mol. The lowest BCUT2D eigenvalue weighted by molar-refractivity contribution is -0.129. The molecule has 0 saturated heterocycles. The number of amides is 2. The van der Waals surface area contributed by atoms with Crippen LogP contribution in [-0.4, -0.2) is 50.4 Å². The van der Waals surface area contributed by atoms with E-state index in [1.165, 1.54) is 0 Å². The van der Waals surface area contributed by atoms with Crippen LogP contribution in [0.4, 0.5) is 11.6 Å². The van der Waals surface area contributed by atoms with Crippen LogP contribution >= 0.6 is 15.9 Å². The zero-order valence-electron chi connectivity index (χ0n) is 17.4. The summed E-state index contributed by atoms with van der Waals surface area (Å²) < 4.78 is 2.17. The van der Waals surface area contributed by atoms with Crippen LogP contribution < -0.4 is 16.0 Å². The molecule has 2 aliphatic rings. The summed E-state index contributed by atoms with van der Waals surface area (Å²) in [6.45, 7) is 1.97. The number of rotatable bonds is 4. The molecule has 0 spiro atoms. The van der Waals surface area contributed by atoms with Gasteiger partial charge < -0.3 is 16.0 Å². The van der Waals surface area contributed by atoms with Crippen molar-refractivity contribution >= 4 is 56.2 Å². The molecule has 2 amide bonds. The van der Waals surface area contributed by atoms with Crippen molar-refractivity contribution in [2.45, 2.75) is 32.2 Å². The largest absolute Gasteiger partial charge is 0.359 e. The van der Waals surface area contributed by atoms with Crippen LogP contribution in [0.2, 0.25) is 0 Å². The molecule has 2 atom stereocenters. The van der Waals surface area contributed by atoms with E-state index in [1.54, 1.807) is 36.1 Å². The van der Waals surface area contributed by atoms with Gasteiger partial charge in [0.25, 0.3) is 11.7 Å². The lowest BCUT2D eigenvalue weighted by Gasteiger charge is -2.22. The topological polar surface area (TPSA) is 131 Å². The normalized spacial score (nSPS) is 22.2. The number of anilines is 2. The number of Topliss-reactive ketones (excluding diaryl/α,β-unsaturated/α-hetero) is 1. The van der Waals surface area contributed by atoms with Gasteiger partial charge in [-0.3, -0.25) is 14.4 Å². The molecule has 10 nitrogen and oxygen atoms in total. The van der Waals surface area contributed by atoms with Gasteiger partial charge in [0.15, 0.2) is 5.65 Å². The fourth-order valence-corrected chi connectivity index (χ4v) is 4.87. The smallest absolute Gasteiger partial charge is 0.296 e. The highest BCUT2D eigenvalue weighted by Gasteiger charge is 2.41. The van der Waals surface area contributed by atoms with E-state index in [0.29, 0.717) is 44.9 Å². The molecule has 0 radical (unpaired) electrons. The molecular formula is C21H20BrN7O3. The van der Waals surface area contributed by atoms with E-state index in [9.17, 15) is 14.4 Å². The van der Waals surface area contributed by atoms with Crippen molar-refractivity contribution < 1.29 is 14.4 Å². The van der Waals surface area contributed by atoms with Gasteiger partial charge in [-0.2, -0.15) is 10.1 Å². The third kappa shape index (κ3) is 3.24. The number of fused-ring (bicyclic) bond motifs is 2. The first-order valence-corrected chi connectivity index (χ1v) is 11.0. The maximum atomic E-state index is 12.2. The van der Waals surface area contributed by atoms with Gasteiger partial charge in [-0.05, 0) is 53.4 Å². The molecule has 32 heavy (non-hydrogen) atoms. The average Bonchev–Trinajstić information content (AvgIpc) is 3.42. The van der Waals surface area contributed by atoms with Crippen LogP contribution in [0.1, 0.15) is 36.5 Å². The number of nitrogens with one attached hydrogen (secondary N) is 3. The van der Waals surface area contributed by atoms with Gasteiger partial charge in [0.2, 0.25) is 11.9 Å². The number of hydrogen-bond donors (Lipinski definition) is 3. The highest BCUT2D eigenvalue weighted by molar-refractivity contribution is 9.10. The Morgan fingerprint density at radius 3 is 2.94 bits per heavy atom. The van der Waals surface area contributed by atoms with E-state index < -0.39 is 17.1 Å². The first kappa shape index (κ1) is 20.6. The average molecular weight is 498 g/mol. The van der Waals surface area contributed by atoms with Gasteiger partial charge in [0.1, 0.15) is 4.60 Å². The van der Waals surface area contributed by atoms with E-state index >= 15 is 0 Å². The van der Waals surface area contributed by atoms with Crippen LogP contribution in [0.5, 0.6) is 0 Å². The van der Waals surface area contributed by atoms with Gasteiger partial charge in [-0.1, -0.05) is 6.92 Å². The van der Waals surface area contributed by atoms with Crippen molar-refractivity contribution in [2.75, 3.05) is 17.7 Å². The zero-order valence-corrected chi connectivity index (χ0v) is 19.0. The molecule has 11 heteroatoms. The summed E-state index contributed by atoms with van der Waals surface area (Å²) in [5.41, 5.74) is 1.52. The number of carbonyl (C=O) groups is 3. The number of halogens is 1.